The third kappa shape index (κ3) is 2.68. The zero-order valence-corrected chi connectivity index (χ0v) is 12.2. The number of rotatable bonds is 4. The number of benzene rings is 1. The molecule has 2 heterocycles. The lowest BCUT2D eigenvalue weighted by Crippen LogP contribution is -2.47. The van der Waals surface area contributed by atoms with Crippen LogP contribution in [0.3, 0.4) is 0 Å². The van der Waals surface area contributed by atoms with Gasteiger partial charge < -0.3 is 15.2 Å². The highest BCUT2D eigenvalue weighted by Crippen LogP contribution is 2.34. The van der Waals surface area contributed by atoms with Gasteiger partial charge in [-0.2, -0.15) is 0 Å². The summed E-state index contributed by atoms with van der Waals surface area (Å²) in [5.41, 5.74) is 8.85. The molecule has 1 aromatic carbocycles. The molecule has 0 saturated carbocycles. The molecule has 2 N–H and O–H groups in total. The van der Waals surface area contributed by atoms with Gasteiger partial charge in [0.15, 0.2) is 0 Å². The van der Waals surface area contributed by atoms with E-state index in [0.29, 0.717) is 0 Å². The Kier molecular flexibility index (Phi) is 4.24. The number of nitrogens with zero attached hydrogens (tertiary/aromatic N) is 1. The van der Waals surface area contributed by atoms with Crippen molar-refractivity contribution in [2.75, 3.05) is 32.8 Å². The van der Waals surface area contributed by atoms with E-state index in [1.165, 1.54) is 12.0 Å². The average Bonchev–Trinajstić information content (AvgIpc) is 2.95. The van der Waals surface area contributed by atoms with Gasteiger partial charge in [0, 0.05) is 25.1 Å². The molecule has 2 aliphatic heterocycles. The third-order valence-electron chi connectivity index (χ3n) is 4.22. The minimum absolute atomic E-state index is 0.0611. The molecular formula is C16H24N2O2. The first-order valence-corrected chi connectivity index (χ1v) is 7.63. The molecule has 2 aliphatic rings. The predicted molar refractivity (Wildman–Crippen MR) is 79.0 cm³/mol. The Labute approximate surface area is 120 Å². The van der Waals surface area contributed by atoms with E-state index in [4.69, 9.17) is 15.2 Å². The Morgan fingerprint density at radius 2 is 2.30 bits per heavy atom. The van der Waals surface area contributed by atoms with Gasteiger partial charge in [0.05, 0.1) is 25.4 Å². The summed E-state index contributed by atoms with van der Waals surface area (Å²) in [4.78, 5) is 2.44. The fraction of sp³-hybridized carbons (Fsp3) is 0.625. The van der Waals surface area contributed by atoms with Gasteiger partial charge in [-0.25, -0.2) is 0 Å². The summed E-state index contributed by atoms with van der Waals surface area (Å²) >= 11 is 0. The van der Waals surface area contributed by atoms with Crippen LogP contribution in [0, 0.1) is 0 Å². The number of hydrogen-bond acceptors (Lipinski definition) is 4. The van der Waals surface area contributed by atoms with Gasteiger partial charge in [-0.05, 0) is 18.5 Å². The molecule has 0 spiro atoms. The fourth-order valence-electron chi connectivity index (χ4n) is 3.17. The Hall–Kier alpha value is -1.10. The van der Waals surface area contributed by atoms with Crippen molar-refractivity contribution in [2.24, 2.45) is 5.73 Å². The maximum atomic E-state index is 6.47. The van der Waals surface area contributed by atoms with Crippen molar-refractivity contribution < 1.29 is 9.47 Å². The second-order valence-corrected chi connectivity index (χ2v) is 5.67. The summed E-state index contributed by atoms with van der Waals surface area (Å²) in [5, 5.41) is 0. The van der Waals surface area contributed by atoms with Crippen molar-refractivity contribution in [3.63, 3.8) is 0 Å². The van der Waals surface area contributed by atoms with Gasteiger partial charge in [-0.15, -0.1) is 0 Å². The normalized spacial score (nSPS) is 24.2. The number of hydrogen-bond donors (Lipinski definition) is 1. The van der Waals surface area contributed by atoms with Gasteiger partial charge in [0.1, 0.15) is 5.75 Å². The molecular weight excluding hydrogens is 252 g/mol. The van der Waals surface area contributed by atoms with Gasteiger partial charge >= 0.3 is 0 Å². The van der Waals surface area contributed by atoms with Crippen LogP contribution in [0.5, 0.6) is 5.75 Å². The molecule has 20 heavy (non-hydrogen) atoms. The van der Waals surface area contributed by atoms with Crippen molar-refractivity contribution in [3.05, 3.63) is 29.3 Å². The second kappa shape index (κ2) is 6.12. The number of morpholine rings is 1. The fourth-order valence-corrected chi connectivity index (χ4v) is 3.17. The van der Waals surface area contributed by atoms with Gasteiger partial charge in [0.2, 0.25) is 0 Å². The maximum absolute atomic E-state index is 6.47. The third-order valence-corrected chi connectivity index (χ3v) is 4.22. The first-order valence-electron chi connectivity index (χ1n) is 7.63. The zero-order chi connectivity index (χ0) is 13.9. The van der Waals surface area contributed by atoms with Crippen LogP contribution in [-0.2, 0) is 11.2 Å². The molecule has 1 aromatic rings. The van der Waals surface area contributed by atoms with Crippen LogP contribution in [0.25, 0.3) is 0 Å². The van der Waals surface area contributed by atoms with Crippen LogP contribution in [0.2, 0.25) is 0 Å². The van der Waals surface area contributed by atoms with Crippen molar-refractivity contribution in [1.82, 2.24) is 4.90 Å². The van der Waals surface area contributed by atoms with Crippen LogP contribution in [0.1, 0.15) is 30.5 Å². The van der Waals surface area contributed by atoms with Crippen LogP contribution in [0.15, 0.2) is 18.2 Å². The summed E-state index contributed by atoms with van der Waals surface area (Å²) in [6.07, 6.45) is 2.22. The molecule has 0 bridgehead atoms. The zero-order valence-electron chi connectivity index (χ0n) is 12.2. The van der Waals surface area contributed by atoms with Crippen LogP contribution in [0.4, 0.5) is 0 Å². The van der Waals surface area contributed by atoms with E-state index in [2.05, 4.69) is 30.0 Å². The quantitative estimate of drug-likeness (QED) is 0.910. The molecule has 3 rings (SSSR count). The predicted octanol–water partition coefficient (Wildman–Crippen LogP) is 1.73. The molecule has 0 aliphatic carbocycles. The Bertz CT molecular complexity index is 462. The van der Waals surface area contributed by atoms with E-state index in [-0.39, 0.29) is 12.1 Å². The number of fused-ring (bicyclic) bond motifs is 1. The molecule has 2 atom stereocenters. The molecule has 1 saturated heterocycles. The van der Waals surface area contributed by atoms with Crippen molar-refractivity contribution in [1.29, 1.82) is 0 Å². The summed E-state index contributed by atoms with van der Waals surface area (Å²) in [6.45, 7) is 6.80. The van der Waals surface area contributed by atoms with Gasteiger partial charge in [-0.3, -0.25) is 4.90 Å². The number of ether oxygens (including phenoxy) is 2. The SMILES string of the molecule is CCCN1CCOC(C(N)c2cccc3c2OCC3)C1. The molecule has 0 amide bonds. The van der Waals surface area contributed by atoms with Crippen LogP contribution >= 0.6 is 0 Å². The molecule has 4 nitrogen and oxygen atoms in total. The largest absolute Gasteiger partial charge is 0.493 e. The minimum Gasteiger partial charge on any atom is -0.493 e. The standard InChI is InChI=1S/C16H24N2O2/c1-2-7-18-8-10-19-14(11-18)15(17)13-5-3-4-12-6-9-20-16(12)13/h3-5,14-15H,2,6-11,17H2,1H3. The first kappa shape index (κ1) is 13.9. The van der Waals surface area contributed by atoms with E-state index >= 15 is 0 Å². The number of nitrogens with two attached hydrogens (primary N) is 1. The molecule has 110 valence electrons. The highest BCUT2D eigenvalue weighted by atomic mass is 16.5. The second-order valence-electron chi connectivity index (χ2n) is 5.67. The smallest absolute Gasteiger partial charge is 0.127 e. The van der Waals surface area contributed by atoms with E-state index in [0.717, 1.165) is 50.6 Å². The first-order chi connectivity index (χ1) is 9.79. The molecule has 0 radical (unpaired) electrons. The van der Waals surface area contributed by atoms with E-state index in [1.807, 2.05) is 0 Å². The molecule has 0 aromatic heterocycles. The van der Waals surface area contributed by atoms with E-state index in [1.54, 1.807) is 0 Å². The van der Waals surface area contributed by atoms with E-state index in [9.17, 15) is 0 Å². The lowest BCUT2D eigenvalue weighted by Gasteiger charge is -2.36. The lowest BCUT2D eigenvalue weighted by molar-refractivity contribution is -0.0410. The van der Waals surface area contributed by atoms with Crippen LogP contribution in [-0.4, -0.2) is 43.9 Å². The average molecular weight is 276 g/mol. The summed E-state index contributed by atoms with van der Waals surface area (Å²) in [5.74, 6) is 0.996. The number of para-hydroxylation sites is 1. The van der Waals surface area contributed by atoms with Crippen LogP contribution < -0.4 is 10.5 Å². The monoisotopic (exact) mass is 276 g/mol. The van der Waals surface area contributed by atoms with Crippen molar-refractivity contribution in [3.8, 4) is 5.75 Å². The van der Waals surface area contributed by atoms with Gasteiger partial charge in [0.25, 0.3) is 0 Å². The highest BCUT2D eigenvalue weighted by Gasteiger charge is 2.30. The molecule has 1 fully saturated rings. The van der Waals surface area contributed by atoms with E-state index < -0.39 is 0 Å². The van der Waals surface area contributed by atoms with Gasteiger partial charge in [-0.1, -0.05) is 25.1 Å². The highest BCUT2D eigenvalue weighted by molar-refractivity contribution is 5.46. The maximum Gasteiger partial charge on any atom is 0.127 e. The molecule has 4 heteroatoms. The van der Waals surface area contributed by atoms with Crippen molar-refractivity contribution in [2.45, 2.75) is 31.9 Å². The Balaban J connectivity index is 1.75. The summed E-state index contributed by atoms with van der Waals surface area (Å²) in [7, 11) is 0. The summed E-state index contributed by atoms with van der Waals surface area (Å²) in [6, 6.07) is 6.18. The lowest BCUT2D eigenvalue weighted by atomic mass is 9.97. The summed E-state index contributed by atoms with van der Waals surface area (Å²) < 4.78 is 11.7. The molecule has 2 unspecified atom stereocenters. The van der Waals surface area contributed by atoms with Crippen molar-refractivity contribution >= 4 is 0 Å². The minimum atomic E-state index is -0.109. The topological polar surface area (TPSA) is 47.7 Å². The Morgan fingerprint density at radius 1 is 1.40 bits per heavy atom. The Morgan fingerprint density at radius 3 is 3.15 bits per heavy atom.